The van der Waals surface area contributed by atoms with Crippen molar-refractivity contribution in [3.8, 4) is 11.5 Å². The van der Waals surface area contributed by atoms with Crippen molar-refractivity contribution in [2.24, 2.45) is 4.99 Å². The first-order valence-electron chi connectivity index (χ1n) is 5.51. The summed E-state index contributed by atoms with van der Waals surface area (Å²) in [6, 6.07) is 10.9. The Morgan fingerprint density at radius 2 is 2.11 bits per heavy atom. The molecule has 92 valence electrons. The fourth-order valence-corrected chi connectivity index (χ4v) is 1.78. The SMILES string of the molecule is O=C=Nc1ccc2nc(-c3cccc(F)c3)oc2c1. The molecule has 2 aromatic carbocycles. The summed E-state index contributed by atoms with van der Waals surface area (Å²) in [4.78, 5) is 17.9. The number of nitrogens with zero attached hydrogens (tertiary/aromatic N) is 2. The molecule has 19 heavy (non-hydrogen) atoms. The van der Waals surface area contributed by atoms with E-state index < -0.39 is 0 Å². The maximum atomic E-state index is 13.1. The highest BCUT2D eigenvalue weighted by atomic mass is 19.1. The fraction of sp³-hybridized carbons (Fsp3) is 0. The lowest BCUT2D eigenvalue weighted by Crippen LogP contribution is -1.78. The Morgan fingerprint density at radius 1 is 1.21 bits per heavy atom. The number of rotatable bonds is 2. The van der Waals surface area contributed by atoms with Gasteiger partial charge in [-0.15, -0.1) is 0 Å². The van der Waals surface area contributed by atoms with Gasteiger partial charge < -0.3 is 4.42 Å². The summed E-state index contributed by atoms with van der Waals surface area (Å²) in [5, 5.41) is 0. The molecule has 1 aromatic heterocycles. The van der Waals surface area contributed by atoms with Crippen molar-refractivity contribution in [3.63, 3.8) is 0 Å². The molecule has 0 bridgehead atoms. The highest BCUT2D eigenvalue weighted by Gasteiger charge is 2.09. The van der Waals surface area contributed by atoms with E-state index in [4.69, 9.17) is 4.42 Å². The van der Waals surface area contributed by atoms with Crippen LogP contribution in [0.25, 0.3) is 22.6 Å². The van der Waals surface area contributed by atoms with E-state index in [1.165, 1.54) is 18.2 Å². The minimum absolute atomic E-state index is 0.321. The van der Waals surface area contributed by atoms with Crippen molar-refractivity contribution in [1.29, 1.82) is 0 Å². The molecule has 3 aromatic rings. The summed E-state index contributed by atoms with van der Waals surface area (Å²) in [6.07, 6.45) is 1.46. The third-order valence-corrected chi connectivity index (χ3v) is 2.62. The van der Waals surface area contributed by atoms with Crippen LogP contribution in [0.5, 0.6) is 0 Å². The predicted octanol–water partition coefficient (Wildman–Crippen LogP) is 3.60. The largest absolute Gasteiger partial charge is 0.436 e. The molecule has 5 heteroatoms. The minimum Gasteiger partial charge on any atom is -0.436 e. The van der Waals surface area contributed by atoms with Gasteiger partial charge in [0.25, 0.3) is 0 Å². The maximum absolute atomic E-state index is 13.1. The van der Waals surface area contributed by atoms with Crippen molar-refractivity contribution in [3.05, 3.63) is 48.3 Å². The summed E-state index contributed by atoms with van der Waals surface area (Å²) in [6.45, 7) is 0. The van der Waals surface area contributed by atoms with Crippen LogP contribution in [0.3, 0.4) is 0 Å². The Morgan fingerprint density at radius 3 is 2.89 bits per heavy atom. The Hall–Kier alpha value is -2.78. The number of carbonyl (C=O) groups excluding carboxylic acids is 1. The van der Waals surface area contributed by atoms with E-state index in [0.29, 0.717) is 28.2 Å². The predicted molar refractivity (Wildman–Crippen MR) is 67.2 cm³/mol. The van der Waals surface area contributed by atoms with Crippen LogP contribution in [0.4, 0.5) is 10.1 Å². The standard InChI is InChI=1S/C14H7FN2O2/c15-10-3-1-2-9(6-10)14-17-12-5-4-11(16-8-18)7-13(12)19-14/h1-7H. The van der Waals surface area contributed by atoms with Gasteiger partial charge in [0.15, 0.2) is 5.58 Å². The van der Waals surface area contributed by atoms with Gasteiger partial charge in [0, 0.05) is 11.6 Å². The Labute approximate surface area is 107 Å². The Bertz CT molecular complexity index is 804. The topological polar surface area (TPSA) is 55.5 Å². The van der Waals surface area contributed by atoms with E-state index in [0.717, 1.165) is 0 Å². The molecule has 0 aliphatic carbocycles. The van der Waals surface area contributed by atoms with Gasteiger partial charge in [0.2, 0.25) is 12.0 Å². The summed E-state index contributed by atoms with van der Waals surface area (Å²) in [5.41, 5.74) is 2.08. The van der Waals surface area contributed by atoms with Crippen molar-refractivity contribution in [2.75, 3.05) is 0 Å². The van der Waals surface area contributed by atoms with E-state index in [1.54, 1.807) is 30.3 Å². The number of halogens is 1. The van der Waals surface area contributed by atoms with Crippen LogP contribution in [0.1, 0.15) is 0 Å². The molecule has 0 radical (unpaired) electrons. The first kappa shape index (κ1) is 11.3. The maximum Gasteiger partial charge on any atom is 0.240 e. The second-order valence-electron chi connectivity index (χ2n) is 3.88. The summed E-state index contributed by atoms with van der Waals surface area (Å²) in [7, 11) is 0. The molecule has 0 aliphatic rings. The molecule has 0 spiro atoms. The van der Waals surface area contributed by atoms with Crippen LogP contribution in [0, 0.1) is 5.82 Å². The molecule has 0 saturated carbocycles. The molecule has 3 rings (SSSR count). The number of isocyanates is 1. The molecule has 1 heterocycles. The van der Waals surface area contributed by atoms with Crippen LogP contribution < -0.4 is 0 Å². The van der Waals surface area contributed by atoms with Gasteiger partial charge in [-0.1, -0.05) is 6.07 Å². The summed E-state index contributed by atoms with van der Waals surface area (Å²) < 4.78 is 18.7. The van der Waals surface area contributed by atoms with E-state index >= 15 is 0 Å². The number of aliphatic imine (C=N–C) groups is 1. The van der Waals surface area contributed by atoms with Crippen LogP contribution in [0.2, 0.25) is 0 Å². The number of benzene rings is 2. The van der Waals surface area contributed by atoms with Gasteiger partial charge in [-0.05, 0) is 30.3 Å². The number of oxazole rings is 1. The lowest BCUT2D eigenvalue weighted by atomic mass is 10.2. The third-order valence-electron chi connectivity index (χ3n) is 2.62. The molecule has 0 unspecified atom stereocenters. The fourth-order valence-electron chi connectivity index (χ4n) is 1.78. The van der Waals surface area contributed by atoms with E-state index in [-0.39, 0.29) is 5.82 Å². The number of fused-ring (bicyclic) bond motifs is 1. The highest BCUT2D eigenvalue weighted by Crippen LogP contribution is 2.27. The van der Waals surface area contributed by atoms with Gasteiger partial charge in [-0.25, -0.2) is 14.2 Å². The number of hydrogen-bond acceptors (Lipinski definition) is 4. The lowest BCUT2D eigenvalue weighted by Gasteiger charge is -1.93. The molecule has 0 N–H and O–H groups in total. The minimum atomic E-state index is -0.356. The van der Waals surface area contributed by atoms with Crippen LogP contribution >= 0.6 is 0 Å². The first-order chi connectivity index (χ1) is 9.26. The van der Waals surface area contributed by atoms with Crippen molar-refractivity contribution >= 4 is 22.9 Å². The zero-order chi connectivity index (χ0) is 13.2. The monoisotopic (exact) mass is 254 g/mol. The number of aromatic nitrogens is 1. The van der Waals surface area contributed by atoms with Crippen LogP contribution in [-0.2, 0) is 4.79 Å². The second kappa shape index (κ2) is 4.48. The van der Waals surface area contributed by atoms with E-state index in [9.17, 15) is 9.18 Å². The molecular weight excluding hydrogens is 247 g/mol. The molecule has 0 aliphatic heterocycles. The molecule has 0 atom stereocenters. The molecule has 0 fully saturated rings. The van der Waals surface area contributed by atoms with E-state index in [2.05, 4.69) is 9.98 Å². The van der Waals surface area contributed by atoms with Crippen molar-refractivity contribution in [2.45, 2.75) is 0 Å². The first-order valence-corrected chi connectivity index (χ1v) is 5.51. The third kappa shape index (κ3) is 2.14. The quantitative estimate of drug-likeness (QED) is 0.518. The van der Waals surface area contributed by atoms with Crippen LogP contribution in [0.15, 0.2) is 51.9 Å². The van der Waals surface area contributed by atoms with Gasteiger partial charge in [0.1, 0.15) is 11.3 Å². The highest BCUT2D eigenvalue weighted by molar-refractivity contribution is 5.79. The summed E-state index contributed by atoms with van der Waals surface area (Å²) >= 11 is 0. The average Bonchev–Trinajstić information content (AvgIpc) is 2.82. The number of hydrogen-bond donors (Lipinski definition) is 0. The molecule has 4 nitrogen and oxygen atoms in total. The van der Waals surface area contributed by atoms with Gasteiger partial charge >= 0.3 is 0 Å². The van der Waals surface area contributed by atoms with Gasteiger partial charge in [0.05, 0.1) is 5.69 Å². The molecular formula is C14H7FN2O2. The zero-order valence-corrected chi connectivity index (χ0v) is 9.63. The van der Waals surface area contributed by atoms with Crippen molar-refractivity contribution in [1.82, 2.24) is 4.98 Å². The Kier molecular flexibility index (Phi) is 2.67. The summed E-state index contributed by atoms with van der Waals surface area (Å²) in [5.74, 6) is -0.0345. The van der Waals surface area contributed by atoms with Crippen molar-refractivity contribution < 1.29 is 13.6 Å². The molecule has 0 amide bonds. The Balaban J connectivity index is 2.13. The molecule has 0 saturated heterocycles. The lowest BCUT2D eigenvalue weighted by molar-refractivity contribution is 0.565. The van der Waals surface area contributed by atoms with Gasteiger partial charge in [-0.3, -0.25) is 0 Å². The van der Waals surface area contributed by atoms with E-state index in [1.807, 2.05) is 0 Å². The second-order valence-corrected chi connectivity index (χ2v) is 3.88. The normalized spacial score (nSPS) is 10.4. The zero-order valence-electron chi connectivity index (χ0n) is 9.63. The van der Waals surface area contributed by atoms with Gasteiger partial charge in [-0.2, -0.15) is 4.99 Å². The smallest absolute Gasteiger partial charge is 0.240 e. The van der Waals surface area contributed by atoms with Crippen LogP contribution in [-0.4, -0.2) is 11.1 Å². The average molecular weight is 254 g/mol.